The highest BCUT2D eigenvalue weighted by molar-refractivity contribution is 6.10. The lowest BCUT2D eigenvalue weighted by Gasteiger charge is -2.34. The van der Waals surface area contributed by atoms with E-state index in [0.717, 1.165) is 17.1 Å². The molecule has 66 heavy (non-hydrogen) atoms. The second-order valence-corrected chi connectivity index (χ2v) is 17.1. The average Bonchev–Trinajstić information content (AvgIpc) is 3.71. The maximum absolute atomic E-state index is 2.41. The number of fused-ring (bicyclic) bond motifs is 4. The minimum Gasteiger partial charge on any atom is -0.310 e. The van der Waals surface area contributed by atoms with Gasteiger partial charge in [-0.2, -0.15) is 0 Å². The quantitative estimate of drug-likeness (QED) is 0.140. The first-order valence-corrected chi connectivity index (χ1v) is 22.8. The Labute approximate surface area is 387 Å². The first-order valence-electron chi connectivity index (χ1n) is 22.8. The largest absolute Gasteiger partial charge is 0.310 e. The van der Waals surface area contributed by atoms with Crippen molar-refractivity contribution >= 4 is 27.8 Å². The van der Waals surface area contributed by atoms with Gasteiger partial charge in [-0.1, -0.05) is 237 Å². The van der Waals surface area contributed by atoms with Crippen LogP contribution in [0.3, 0.4) is 0 Å². The van der Waals surface area contributed by atoms with Crippen molar-refractivity contribution in [3.05, 3.63) is 295 Å². The number of anilines is 3. The van der Waals surface area contributed by atoms with Crippen molar-refractivity contribution in [1.82, 2.24) is 0 Å². The van der Waals surface area contributed by atoms with Gasteiger partial charge >= 0.3 is 0 Å². The second-order valence-electron chi connectivity index (χ2n) is 17.1. The van der Waals surface area contributed by atoms with E-state index in [1.807, 2.05) is 0 Å². The SMILES string of the molecule is c1ccc(-c2ccc(N(c3ccccc3)c3ccc(-c4ccccc4-c4cccc5c4-c4ccccc4C5(c4ccccc4)c4ccccc4)c4cc(-c5ccccc5)ccc34)cc2)cc1. The van der Waals surface area contributed by atoms with E-state index in [2.05, 4.69) is 278 Å². The number of rotatable bonds is 9. The molecule has 0 saturated heterocycles. The Morgan fingerprint density at radius 2 is 0.712 bits per heavy atom. The summed E-state index contributed by atoms with van der Waals surface area (Å²) in [5, 5.41) is 2.37. The van der Waals surface area contributed by atoms with Gasteiger partial charge in [0.1, 0.15) is 0 Å². The Morgan fingerprint density at radius 3 is 1.35 bits per heavy atom. The molecule has 0 N–H and O–H groups in total. The molecule has 1 nitrogen and oxygen atoms in total. The normalized spacial score (nSPS) is 12.4. The molecule has 0 bridgehead atoms. The molecule has 0 amide bonds. The number of nitrogens with zero attached hydrogens (tertiary/aromatic N) is 1. The molecule has 0 aromatic heterocycles. The molecule has 1 aliphatic rings. The second kappa shape index (κ2) is 16.6. The molecule has 0 fully saturated rings. The van der Waals surface area contributed by atoms with E-state index in [0.29, 0.717) is 0 Å². The van der Waals surface area contributed by atoms with Gasteiger partial charge in [0.05, 0.1) is 11.1 Å². The summed E-state index contributed by atoms with van der Waals surface area (Å²) in [6, 6.07) is 100. The van der Waals surface area contributed by atoms with E-state index in [4.69, 9.17) is 0 Å². The van der Waals surface area contributed by atoms with Crippen LogP contribution in [0.1, 0.15) is 22.3 Å². The van der Waals surface area contributed by atoms with E-state index >= 15 is 0 Å². The average molecular weight is 840 g/mol. The van der Waals surface area contributed by atoms with Crippen LogP contribution in [-0.2, 0) is 5.41 Å². The van der Waals surface area contributed by atoms with E-state index in [9.17, 15) is 0 Å². The minimum atomic E-state index is -0.488. The van der Waals surface area contributed by atoms with Crippen LogP contribution in [0.2, 0.25) is 0 Å². The van der Waals surface area contributed by atoms with Crippen molar-refractivity contribution in [2.75, 3.05) is 4.90 Å². The zero-order valence-electron chi connectivity index (χ0n) is 36.4. The van der Waals surface area contributed by atoms with Crippen LogP contribution in [0.15, 0.2) is 273 Å². The Kier molecular flexibility index (Phi) is 9.81. The van der Waals surface area contributed by atoms with Crippen LogP contribution in [0.5, 0.6) is 0 Å². The lowest BCUT2D eigenvalue weighted by Crippen LogP contribution is -2.28. The first-order chi connectivity index (χ1) is 32.8. The van der Waals surface area contributed by atoms with E-state index in [1.165, 1.54) is 88.7 Å². The fourth-order valence-electron chi connectivity index (χ4n) is 10.7. The third-order valence-electron chi connectivity index (χ3n) is 13.6. The lowest BCUT2D eigenvalue weighted by atomic mass is 9.67. The fourth-order valence-corrected chi connectivity index (χ4v) is 10.7. The predicted octanol–water partition coefficient (Wildman–Crippen LogP) is 17.3. The Morgan fingerprint density at radius 1 is 0.258 bits per heavy atom. The van der Waals surface area contributed by atoms with Gasteiger partial charge in [0, 0.05) is 16.8 Å². The topological polar surface area (TPSA) is 3.24 Å². The molecule has 0 radical (unpaired) electrons. The molecule has 0 unspecified atom stereocenters. The van der Waals surface area contributed by atoms with Crippen LogP contribution in [-0.4, -0.2) is 0 Å². The Bertz CT molecular complexity index is 3450. The van der Waals surface area contributed by atoms with Gasteiger partial charge in [-0.3, -0.25) is 0 Å². The standard InChI is InChI=1S/C65H45N/c1-6-21-46(22-7-1)48-37-40-53(41-38-48)66(52-29-14-5-15-30-52)63-44-43-56(60-45-49(39-42-57(60)63)47-23-8-2-9-24-47)54-31-16-17-32-55(54)58-34-20-36-62-64(58)59-33-18-19-35-61(59)65(62,50-25-10-3-11-26-50)51-27-12-4-13-28-51/h1-45H. The summed E-state index contributed by atoms with van der Waals surface area (Å²) in [7, 11) is 0. The number of hydrogen-bond acceptors (Lipinski definition) is 1. The third-order valence-corrected chi connectivity index (χ3v) is 13.6. The summed E-state index contributed by atoms with van der Waals surface area (Å²) >= 11 is 0. The molecule has 0 aliphatic heterocycles. The van der Waals surface area contributed by atoms with Gasteiger partial charge in [-0.05, 0) is 120 Å². The maximum Gasteiger partial charge on any atom is 0.0713 e. The van der Waals surface area contributed by atoms with E-state index < -0.39 is 5.41 Å². The summed E-state index contributed by atoms with van der Waals surface area (Å²) in [4.78, 5) is 2.41. The zero-order chi connectivity index (χ0) is 43.9. The predicted molar refractivity (Wildman–Crippen MR) is 278 cm³/mol. The fraction of sp³-hybridized carbons (Fsp3) is 0.0154. The number of para-hydroxylation sites is 1. The zero-order valence-corrected chi connectivity index (χ0v) is 36.4. The van der Waals surface area contributed by atoms with Gasteiger partial charge in [-0.25, -0.2) is 0 Å². The minimum absolute atomic E-state index is 0.488. The van der Waals surface area contributed by atoms with Crippen molar-refractivity contribution in [2.45, 2.75) is 5.41 Å². The summed E-state index contributed by atoms with van der Waals surface area (Å²) in [5.74, 6) is 0. The van der Waals surface area contributed by atoms with Crippen molar-refractivity contribution in [1.29, 1.82) is 0 Å². The molecule has 11 aromatic carbocycles. The van der Waals surface area contributed by atoms with Gasteiger partial charge in [0.25, 0.3) is 0 Å². The Balaban J connectivity index is 1.09. The number of hydrogen-bond donors (Lipinski definition) is 0. The van der Waals surface area contributed by atoms with Crippen molar-refractivity contribution < 1.29 is 0 Å². The molecule has 11 aromatic rings. The maximum atomic E-state index is 2.41. The van der Waals surface area contributed by atoms with Crippen LogP contribution >= 0.6 is 0 Å². The summed E-state index contributed by atoms with van der Waals surface area (Å²) in [5.41, 5.74) is 20.1. The lowest BCUT2D eigenvalue weighted by molar-refractivity contribution is 0.768. The summed E-state index contributed by atoms with van der Waals surface area (Å²) < 4.78 is 0. The highest BCUT2D eigenvalue weighted by Crippen LogP contribution is 2.59. The summed E-state index contributed by atoms with van der Waals surface area (Å²) in [6.07, 6.45) is 0. The smallest absolute Gasteiger partial charge is 0.0713 e. The van der Waals surface area contributed by atoms with Crippen LogP contribution in [0.25, 0.3) is 66.4 Å². The molecular formula is C65H45N. The van der Waals surface area contributed by atoms with Gasteiger partial charge < -0.3 is 4.90 Å². The molecule has 310 valence electrons. The van der Waals surface area contributed by atoms with Crippen LogP contribution in [0, 0.1) is 0 Å². The monoisotopic (exact) mass is 839 g/mol. The molecule has 0 atom stereocenters. The molecule has 12 rings (SSSR count). The van der Waals surface area contributed by atoms with Crippen molar-refractivity contribution in [3.8, 4) is 55.6 Å². The molecule has 1 aliphatic carbocycles. The molecule has 0 heterocycles. The van der Waals surface area contributed by atoms with Crippen molar-refractivity contribution in [3.63, 3.8) is 0 Å². The van der Waals surface area contributed by atoms with Gasteiger partial charge in [-0.15, -0.1) is 0 Å². The van der Waals surface area contributed by atoms with Crippen LogP contribution < -0.4 is 4.90 Å². The van der Waals surface area contributed by atoms with E-state index in [1.54, 1.807) is 0 Å². The first kappa shape index (κ1) is 39.1. The van der Waals surface area contributed by atoms with E-state index in [-0.39, 0.29) is 0 Å². The highest BCUT2D eigenvalue weighted by atomic mass is 15.1. The third kappa shape index (κ3) is 6.47. The molecule has 1 heteroatoms. The molecule has 0 saturated carbocycles. The molecule has 0 spiro atoms. The van der Waals surface area contributed by atoms with Gasteiger partial charge in [0.2, 0.25) is 0 Å². The summed E-state index contributed by atoms with van der Waals surface area (Å²) in [6.45, 7) is 0. The van der Waals surface area contributed by atoms with Crippen LogP contribution in [0.4, 0.5) is 17.1 Å². The van der Waals surface area contributed by atoms with Crippen molar-refractivity contribution in [2.24, 2.45) is 0 Å². The van der Waals surface area contributed by atoms with Gasteiger partial charge in [0.15, 0.2) is 0 Å². The Hall–Kier alpha value is -8.52. The highest BCUT2D eigenvalue weighted by Gasteiger charge is 2.46. The number of benzene rings is 11. The molecular weight excluding hydrogens is 795 g/mol.